The Morgan fingerprint density at radius 1 is 1.12 bits per heavy atom. The van der Waals surface area contributed by atoms with Crippen LogP contribution >= 0.6 is 15.9 Å². The summed E-state index contributed by atoms with van der Waals surface area (Å²) in [5.74, 6) is -3.13. The molecule has 9 nitrogen and oxygen atoms in total. The molecule has 32 heavy (non-hydrogen) atoms. The molecule has 1 aromatic rings. The van der Waals surface area contributed by atoms with Gasteiger partial charge in [0.1, 0.15) is 11.9 Å². The van der Waals surface area contributed by atoms with Gasteiger partial charge in [-0.3, -0.25) is 5.41 Å². The Morgan fingerprint density at radius 3 is 2.47 bits per heavy atom. The van der Waals surface area contributed by atoms with Crippen LogP contribution in [0.15, 0.2) is 22.7 Å². The molecular formula is C22H19BrN4O5. The van der Waals surface area contributed by atoms with Gasteiger partial charge in [0.25, 0.3) is 0 Å². The zero-order valence-corrected chi connectivity index (χ0v) is 18.8. The van der Waals surface area contributed by atoms with Gasteiger partial charge in [0, 0.05) is 29.3 Å². The number of hydrogen-bond donors (Lipinski definition) is 1. The third-order valence-corrected chi connectivity index (χ3v) is 7.70. The smallest absolute Gasteiger partial charge is 0.218 e. The Bertz CT molecular complexity index is 1120. The van der Waals surface area contributed by atoms with Gasteiger partial charge in [-0.05, 0) is 18.2 Å². The highest BCUT2D eigenvalue weighted by atomic mass is 79.9. The van der Waals surface area contributed by atoms with E-state index in [4.69, 9.17) is 29.1 Å². The standard InChI is InChI=1S/C22H19BrN4O5/c1-28-15-3-2-13(23)8-14(15)17-19(10-24,11-25)21(12-26)16-9-20(29-6-7-30-20)4-5-22(16,31-17)32-18(21)27/h2-3,8,16-17,27H,4-7,9H2,1H3. The topological polar surface area (TPSA) is 141 Å². The second-order valence-corrected chi connectivity index (χ2v) is 9.36. The van der Waals surface area contributed by atoms with Crippen molar-refractivity contribution in [2.45, 2.75) is 36.9 Å². The van der Waals surface area contributed by atoms with Crippen LogP contribution in [-0.4, -0.2) is 37.8 Å². The third kappa shape index (κ3) is 2.37. The first-order valence-electron chi connectivity index (χ1n) is 10.2. The monoisotopic (exact) mass is 498 g/mol. The summed E-state index contributed by atoms with van der Waals surface area (Å²) in [6.45, 7) is 0.829. The lowest BCUT2D eigenvalue weighted by Gasteiger charge is -2.54. The number of nitriles is 3. The normalized spacial score (nSPS) is 35.8. The molecule has 1 aliphatic carbocycles. The molecule has 1 aromatic carbocycles. The summed E-state index contributed by atoms with van der Waals surface area (Å²) in [7, 11) is 1.48. The average molecular weight is 499 g/mol. The third-order valence-electron chi connectivity index (χ3n) is 7.21. The van der Waals surface area contributed by atoms with E-state index in [1.807, 2.05) is 0 Å². The van der Waals surface area contributed by atoms with Crippen LogP contribution in [0.4, 0.5) is 0 Å². The quantitative estimate of drug-likeness (QED) is 0.653. The van der Waals surface area contributed by atoms with Crippen LogP contribution in [0.2, 0.25) is 0 Å². The van der Waals surface area contributed by atoms with E-state index >= 15 is 0 Å². The summed E-state index contributed by atoms with van der Waals surface area (Å²) in [5, 5.41) is 40.0. The number of hydrogen-bond acceptors (Lipinski definition) is 9. The van der Waals surface area contributed by atoms with E-state index in [0.717, 1.165) is 0 Å². The molecule has 0 radical (unpaired) electrons. The minimum atomic E-state index is -2.07. The summed E-state index contributed by atoms with van der Waals surface area (Å²) in [4.78, 5) is 0. The van der Waals surface area contributed by atoms with E-state index in [1.54, 1.807) is 18.2 Å². The van der Waals surface area contributed by atoms with Crippen molar-refractivity contribution in [3.8, 4) is 24.0 Å². The fraction of sp³-hybridized carbons (Fsp3) is 0.545. The van der Waals surface area contributed by atoms with Gasteiger partial charge in [0.05, 0.1) is 44.4 Å². The van der Waals surface area contributed by atoms with Crippen LogP contribution in [0.1, 0.15) is 30.9 Å². The van der Waals surface area contributed by atoms with Gasteiger partial charge in [0.15, 0.2) is 11.2 Å². The molecule has 3 saturated heterocycles. The number of ether oxygens (including phenoxy) is 5. The van der Waals surface area contributed by atoms with Crippen molar-refractivity contribution in [3.63, 3.8) is 0 Å². The predicted molar refractivity (Wildman–Crippen MR) is 110 cm³/mol. The van der Waals surface area contributed by atoms with Crippen LogP contribution in [0, 0.1) is 56.2 Å². The number of nitrogens with one attached hydrogen (secondary N) is 1. The minimum Gasteiger partial charge on any atom is -0.496 e. The highest BCUT2D eigenvalue weighted by Gasteiger charge is 2.82. The van der Waals surface area contributed by atoms with Gasteiger partial charge in [0.2, 0.25) is 17.1 Å². The Balaban J connectivity index is 1.75. The zero-order chi connectivity index (χ0) is 22.8. The van der Waals surface area contributed by atoms with Gasteiger partial charge < -0.3 is 23.7 Å². The van der Waals surface area contributed by atoms with Crippen LogP contribution in [0.5, 0.6) is 5.75 Å². The second-order valence-electron chi connectivity index (χ2n) is 8.44. The zero-order valence-electron chi connectivity index (χ0n) is 17.2. The number of nitrogens with zero attached hydrogens (tertiary/aromatic N) is 3. The van der Waals surface area contributed by atoms with E-state index in [-0.39, 0.29) is 12.8 Å². The SMILES string of the molecule is COc1ccc(Br)cc1C1OC23CCC4(CC2C(C#N)(C(=N)O3)C1(C#N)C#N)OCCO4. The van der Waals surface area contributed by atoms with Gasteiger partial charge in [-0.2, -0.15) is 15.8 Å². The maximum absolute atomic E-state index is 10.5. The Hall–Kier alpha value is -2.68. The molecule has 0 aromatic heterocycles. The lowest BCUT2D eigenvalue weighted by Crippen LogP contribution is -2.63. The van der Waals surface area contributed by atoms with Crippen LogP contribution in [0.3, 0.4) is 0 Å². The fourth-order valence-corrected chi connectivity index (χ4v) is 6.12. The van der Waals surface area contributed by atoms with Crippen molar-refractivity contribution < 1.29 is 23.7 Å². The Morgan fingerprint density at radius 2 is 1.84 bits per heavy atom. The lowest BCUT2D eigenvalue weighted by atomic mass is 9.51. The Labute approximate surface area is 193 Å². The highest BCUT2D eigenvalue weighted by molar-refractivity contribution is 9.10. The largest absolute Gasteiger partial charge is 0.496 e. The van der Waals surface area contributed by atoms with Gasteiger partial charge in [-0.1, -0.05) is 15.9 Å². The molecule has 4 fully saturated rings. The fourth-order valence-electron chi connectivity index (χ4n) is 5.74. The predicted octanol–water partition coefficient (Wildman–Crippen LogP) is 3.32. The number of methoxy groups -OCH3 is 1. The number of benzene rings is 1. The average Bonchev–Trinajstić information content (AvgIpc) is 3.33. The van der Waals surface area contributed by atoms with E-state index in [2.05, 4.69) is 34.1 Å². The maximum atomic E-state index is 10.5. The van der Waals surface area contributed by atoms with Crippen molar-refractivity contribution in [1.29, 1.82) is 21.2 Å². The molecular weight excluding hydrogens is 480 g/mol. The maximum Gasteiger partial charge on any atom is 0.218 e. The molecule has 0 amide bonds. The van der Waals surface area contributed by atoms with Crippen molar-refractivity contribution in [1.82, 2.24) is 0 Å². The van der Waals surface area contributed by atoms with Gasteiger partial charge in [-0.15, -0.1) is 0 Å². The molecule has 4 aliphatic rings. The summed E-state index contributed by atoms with van der Waals surface area (Å²) < 4.78 is 30.4. The van der Waals surface area contributed by atoms with Crippen LogP contribution < -0.4 is 4.74 Å². The Kier molecular flexibility index (Phi) is 4.57. The van der Waals surface area contributed by atoms with Gasteiger partial charge in [-0.25, -0.2) is 0 Å². The summed E-state index contributed by atoms with van der Waals surface area (Å²) in [6.07, 6.45) is -0.296. The molecule has 10 heteroatoms. The molecule has 1 saturated carbocycles. The molecule has 5 rings (SSSR count). The van der Waals surface area contributed by atoms with Crippen LogP contribution in [0.25, 0.3) is 0 Å². The lowest BCUT2D eigenvalue weighted by molar-refractivity contribution is -0.330. The molecule has 3 heterocycles. The summed E-state index contributed by atoms with van der Waals surface area (Å²) >= 11 is 3.42. The summed E-state index contributed by atoms with van der Waals surface area (Å²) in [6, 6.07) is 11.4. The first-order valence-corrected chi connectivity index (χ1v) is 11.0. The van der Waals surface area contributed by atoms with Crippen molar-refractivity contribution >= 4 is 21.8 Å². The first kappa shape index (κ1) is 21.2. The van der Waals surface area contributed by atoms with Crippen molar-refractivity contribution in [2.24, 2.45) is 16.7 Å². The second kappa shape index (κ2) is 6.91. The van der Waals surface area contributed by atoms with Crippen molar-refractivity contribution in [3.05, 3.63) is 28.2 Å². The minimum absolute atomic E-state index is 0.177. The molecule has 4 atom stereocenters. The van der Waals surface area contributed by atoms with Crippen molar-refractivity contribution in [2.75, 3.05) is 20.3 Å². The van der Waals surface area contributed by atoms with E-state index in [0.29, 0.717) is 35.4 Å². The highest BCUT2D eigenvalue weighted by Crippen LogP contribution is 2.71. The molecule has 2 bridgehead atoms. The molecule has 1 N–H and O–H groups in total. The van der Waals surface area contributed by atoms with E-state index < -0.39 is 40.3 Å². The number of rotatable bonds is 2. The van der Waals surface area contributed by atoms with Gasteiger partial charge >= 0.3 is 0 Å². The molecule has 164 valence electrons. The molecule has 3 aliphatic heterocycles. The number of halogens is 1. The van der Waals surface area contributed by atoms with E-state index in [1.165, 1.54) is 7.11 Å². The molecule has 4 unspecified atom stereocenters. The molecule has 1 spiro atoms. The summed E-state index contributed by atoms with van der Waals surface area (Å²) in [5.41, 5.74) is -3.53. The first-order chi connectivity index (χ1) is 15.4. The van der Waals surface area contributed by atoms with Crippen LogP contribution in [-0.2, 0) is 18.9 Å². The van der Waals surface area contributed by atoms with E-state index in [9.17, 15) is 15.8 Å².